The number of rotatable bonds is 4. The van der Waals surface area contributed by atoms with Gasteiger partial charge < -0.3 is 0 Å². The Morgan fingerprint density at radius 3 is 2.29 bits per heavy atom. The van der Waals surface area contributed by atoms with Crippen LogP contribution in [0.3, 0.4) is 0 Å². The van der Waals surface area contributed by atoms with Gasteiger partial charge in [-0.2, -0.15) is 0 Å². The lowest BCUT2D eigenvalue weighted by Gasteiger charge is -2.09. The van der Waals surface area contributed by atoms with Gasteiger partial charge in [-0.1, -0.05) is 64.1 Å². The molecule has 4 aromatic rings. The minimum atomic E-state index is -0.0754. The number of hydrogen-bond donors (Lipinski definition) is 0. The van der Waals surface area contributed by atoms with Gasteiger partial charge in [0.05, 0.1) is 4.88 Å². The third kappa shape index (κ3) is 4.75. The highest BCUT2D eigenvalue weighted by Crippen LogP contribution is 2.22. The smallest absolute Gasteiger partial charge is 0.268 e. The van der Waals surface area contributed by atoms with Crippen LogP contribution in [0.5, 0.6) is 0 Å². The molecule has 0 bridgehead atoms. The van der Waals surface area contributed by atoms with Crippen molar-refractivity contribution < 1.29 is 0 Å². The van der Waals surface area contributed by atoms with Crippen molar-refractivity contribution in [2.75, 3.05) is 0 Å². The van der Waals surface area contributed by atoms with Gasteiger partial charge in [-0.05, 0) is 23.4 Å². The molecule has 0 N–H and O–H groups in total. The third-order valence-electron chi connectivity index (χ3n) is 4.01. The zero-order valence-electron chi connectivity index (χ0n) is 17.2. The number of aromatic nitrogens is 4. The number of hydrogen-bond acceptors (Lipinski definition) is 4. The van der Waals surface area contributed by atoms with Crippen LogP contribution < -0.4 is 5.56 Å². The predicted molar refractivity (Wildman–Crippen MR) is 118 cm³/mol. The molecule has 0 radical (unpaired) electrons. The molecule has 0 amide bonds. The first-order chi connectivity index (χ1) is 13.7. The first kappa shape index (κ1) is 21.6. The highest BCUT2D eigenvalue weighted by molar-refractivity contribution is 7.13. The third-order valence-corrected chi connectivity index (χ3v) is 4.88. The maximum absolute atomic E-state index is 12.0. The first-order valence-electron chi connectivity index (χ1n) is 9.76. The van der Waals surface area contributed by atoms with Crippen molar-refractivity contribution in [2.24, 2.45) is 7.05 Å². The van der Waals surface area contributed by atoms with Crippen LogP contribution in [0, 0.1) is 0 Å². The molecule has 6 heteroatoms. The Labute approximate surface area is 170 Å². The van der Waals surface area contributed by atoms with Gasteiger partial charge in [0.1, 0.15) is 5.82 Å². The molecule has 5 nitrogen and oxygen atoms in total. The lowest BCUT2D eigenvalue weighted by Crippen LogP contribution is -2.18. The molecule has 1 aromatic carbocycles. The minimum Gasteiger partial charge on any atom is -0.268 e. The molecule has 0 atom stereocenters. The molecule has 0 fully saturated rings. The Balaban J connectivity index is 0.000000660. The fraction of sp³-hybridized carbons (Fsp3) is 0.318. The highest BCUT2D eigenvalue weighted by Gasteiger charge is 2.13. The van der Waals surface area contributed by atoms with Gasteiger partial charge in [-0.25, -0.2) is 19.2 Å². The zero-order valence-corrected chi connectivity index (χ0v) is 18.0. The van der Waals surface area contributed by atoms with E-state index < -0.39 is 0 Å². The van der Waals surface area contributed by atoms with Crippen molar-refractivity contribution in [3.63, 3.8) is 0 Å². The highest BCUT2D eigenvalue weighted by atomic mass is 32.1. The molecule has 28 heavy (non-hydrogen) atoms. The predicted octanol–water partition coefficient (Wildman–Crippen LogP) is 4.99. The lowest BCUT2D eigenvalue weighted by molar-refractivity contribution is 0.623. The van der Waals surface area contributed by atoms with E-state index in [9.17, 15) is 4.79 Å². The summed E-state index contributed by atoms with van der Waals surface area (Å²) < 4.78 is 3.37. The number of benzene rings is 1. The van der Waals surface area contributed by atoms with Gasteiger partial charge in [0.15, 0.2) is 11.5 Å². The van der Waals surface area contributed by atoms with Crippen LogP contribution in [0.1, 0.15) is 39.1 Å². The molecule has 0 aliphatic carbocycles. The van der Waals surface area contributed by atoms with E-state index in [1.807, 2.05) is 67.9 Å². The molecular weight excluding hydrogens is 368 g/mol. The molecule has 148 valence electrons. The average molecular weight is 397 g/mol. The second-order valence-corrected chi connectivity index (χ2v) is 6.55. The quantitative estimate of drug-likeness (QED) is 0.488. The van der Waals surface area contributed by atoms with E-state index in [1.165, 1.54) is 5.56 Å². The van der Waals surface area contributed by atoms with Crippen molar-refractivity contribution in [3.05, 3.63) is 75.7 Å². The minimum absolute atomic E-state index is 0.0754. The number of fused-ring (bicyclic) bond motifs is 1. The summed E-state index contributed by atoms with van der Waals surface area (Å²) in [5.41, 5.74) is 1.82. The molecule has 3 heterocycles. The van der Waals surface area contributed by atoms with Crippen molar-refractivity contribution in [1.29, 1.82) is 0 Å². The molecule has 0 spiro atoms. The molecule has 0 saturated carbocycles. The van der Waals surface area contributed by atoms with Crippen LogP contribution >= 0.6 is 11.3 Å². The Kier molecular flexibility index (Phi) is 8.14. The van der Waals surface area contributed by atoms with E-state index in [0.717, 1.165) is 23.5 Å². The fourth-order valence-corrected chi connectivity index (χ4v) is 3.44. The summed E-state index contributed by atoms with van der Waals surface area (Å²) in [6, 6.07) is 15.8. The maximum atomic E-state index is 12.0. The van der Waals surface area contributed by atoms with Crippen molar-refractivity contribution in [1.82, 2.24) is 19.2 Å². The molecule has 4 rings (SSSR count). The van der Waals surface area contributed by atoms with Crippen LogP contribution in [-0.2, 0) is 19.9 Å². The van der Waals surface area contributed by atoms with Crippen molar-refractivity contribution in [2.45, 2.75) is 40.5 Å². The van der Waals surface area contributed by atoms with Crippen molar-refractivity contribution in [3.8, 4) is 10.7 Å². The van der Waals surface area contributed by atoms with E-state index in [2.05, 4.69) is 17.1 Å². The lowest BCUT2D eigenvalue weighted by atomic mass is 10.1. The fourth-order valence-electron chi connectivity index (χ4n) is 2.78. The second-order valence-electron chi connectivity index (χ2n) is 5.60. The van der Waals surface area contributed by atoms with Crippen LogP contribution in [0.25, 0.3) is 16.3 Å². The van der Waals surface area contributed by atoms with Gasteiger partial charge in [-0.3, -0.25) is 4.79 Å². The summed E-state index contributed by atoms with van der Waals surface area (Å²) in [6.07, 6.45) is 1.60. The van der Waals surface area contributed by atoms with Crippen molar-refractivity contribution >= 4 is 17.0 Å². The van der Waals surface area contributed by atoms with Crippen LogP contribution in [0.15, 0.2) is 58.7 Å². The summed E-state index contributed by atoms with van der Waals surface area (Å²) in [5, 5.41) is 2.00. The second kappa shape index (κ2) is 10.6. The Bertz CT molecular complexity index is 1030. The van der Waals surface area contributed by atoms with E-state index in [0.29, 0.717) is 11.5 Å². The maximum Gasteiger partial charge on any atom is 0.269 e. The SMILES string of the molecule is CC.CC.Cn1c(=O)cc2nc(-c3cccs3)nc(CCc3ccccc3)n21. The summed E-state index contributed by atoms with van der Waals surface area (Å²) in [4.78, 5) is 22.3. The van der Waals surface area contributed by atoms with Gasteiger partial charge in [0, 0.05) is 19.5 Å². The summed E-state index contributed by atoms with van der Waals surface area (Å²) >= 11 is 1.60. The Hall–Kier alpha value is -2.73. The topological polar surface area (TPSA) is 52.2 Å². The zero-order chi connectivity index (χ0) is 20.5. The largest absolute Gasteiger partial charge is 0.269 e. The first-order valence-corrected chi connectivity index (χ1v) is 10.6. The molecule has 0 aliphatic rings. The molecule has 3 aromatic heterocycles. The van der Waals surface area contributed by atoms with E-state index in [-0.39, 0.29) is 5.56 Å². The summed E-state index contributed by atoms with van der Waals surface area (Å²) in [5.74, 6) is 1.52. The van der Waals surface area contributed by atoms with Crippen LogP contribution in [0.4, 0.5) is 0 Å². The standard InChI is InChI=1S/C18H16N4OS.2C2H6/c1-21-17(23)12-16-20-18(14-8-5-11-24-14)19-15(22(16)21)10-9-13-6-3-2-4-7-13;2*1-2/h2-8,11-12H,9-10H2,1H3;2*1-2H3. The molecule has 0 unspecified atom stereocenters. The average Bonchev–Trinajstić information content (AvgIpc) is 3.39. The number of nitrogens with zero attached hydrogens (tertiary/aromatic N) is 4. The van der Waals surface area contributed by atoms with E-state index >= 15 is 0 Å². The van der Waals surface area contributed by atoms with Gasteiger partial charge in [0.25, 0.3) is 5.56 Å². The van der Waals surface area contributed by atoms with Crippen LogP contribution in [0.2, 0.25) is 0 Å². The molecular formula is C22H28N4OS. The van der Waals surface area contributed by atoms with E-state index in [4.69, 9.17) is 4.98 Å². The van der Waals surface area contributed by atoms with Crippen LogP contribution in [-0.4, -0.2) is 19.2 Å². The Morgan fingerprint density at radius 2 is 1.64 bits per heavy atom. The normalized spacial score (nSPS) is 10.0. The molecule has 0 aliphatic heterocycles. The molecule has 0 saturated heterocycles. The van der Waals surface area contributed by atoms with Gasteiger partial charge >= 0.3 is 0 Å². The summed E-state index contributed by atoms with van der Waals surface area (Å²) in [7, 11) is 1.75. The Morgan fingerprint density at radius 1 is 0.929 bits per heavy atom. The summed E-state index contributed by atoms with van der Waals surface area (Å²) in [6.45, 7) is 8.00. The van der Waals surface area contributed by atoms with E-state index in [1.54, 1.807) is 29.1 Å². The monoisotopic (exact) mass is 396 g/mol. The number of thiophene rings is 1. The van der Waals surface area contributed by atoms with Gasteiger partial charge in [0.2, 0.25) is 0 Å². The number of aryl methyl sites for hydroxylation is 3. The van der Waals surface area contributed by atoms with Gasteiger partial charge in [-0.15, -0.1) is 11.3 Å².